The van der Waals surface area contributed by atoms with Gasteiger partial charge in [-0.25, -0.2) is 4.98 Å². The van der Waals surface area contributed by atoms with E-state index in [9.17, 15) is 4.79 Å². The minimum atomic E-state index is -0.295. The van der Waals surface area contributed by atoms with Crippen molar-refractivity contribution in [3.63, 3.8) is 0 Å². The molecule has 0 atom stereocenters. The molecule has 1 aromatic heterocycles. The molecule has 1 N–H and O–H groups in total. The number of nitrogens with zero attached hydrogens (tertiary/aromatic N) is 2. The number of aromatic nitrogens is 1. The molecule has 0 spiro atoms. The van der Waals surface area contributed by atoms with E-state index in [2.05, 4.69) is 15.2 Å². The number of hydrogen-bond acceptors (Lipinski definition) is 5. The molecule has 7 heteroatoms. The van der Waals surface area contributed by atoms with E-state index in [1.54, 1.807) is 18.3 Å². The van der Waals surface area contributed by atoms with Gasteiger partial charge in [0, 0.05) is 19.3 Å². The second-order valence-corrected chi connectivity index (χ2v) is 5.66. The van der Waals surface area contributed by atoms with E-state index in [0.717, 1.165) is 18.8 Å². The van der Waals surface area contributed by atoms with E-state index in [1.165, 1.54) is 7.11 Å². The number of ether oxygens (including phenoxy) is 2. The Morgan fingerprint density at radius 2 is 2.08 bits per heavy atom. The van der Waals surface area contributed by atoms with Crippen LogP contribution in [0.3, 0.4) is 0 Å². The van der Waals surface area contributed by atoms with E-state index in [1.807, 2.05) is 18.2 Å². The minimum Gasteiger partial charge on any atom is -0.480 e. The van der Waals surface area contributed by atoms with Crippen LogP contribution in [0.5, 0.6) is 5.88 Å². The molecule has 2 heterocycles. The highest BCUT2D eigenvalue weighted by atomic mass is 35.5. The van der Waals surface area contributed by atoms with Gasteiger partial charge in [0.25, 0.3) is 5.91 Å². The maximum atomic E-state index is 12.6. The maximum Gasteiger partial charge on any atom is 0.261 e. The Hall–Kier alpha value is -2.31. The average molecular weight is 348 g/mol. The SMILES string of the molecule is COc1ncccc1C(=O)Nc1cccc(Cl)c1N1CCOCC1. The molecule has 1 aromatic carbocycles. The van der Waals surface area contributed by atoms with Gasteiger partial charge in [-0.2, -0.15) is 0 Å². The van der Waals surface area contributed by atoms with Gasteiger partial charge in [0.1, 0.15) is 5.56 Å². The molecule has 0 saturated carbocycles. The normalized spacial score (nSPS) is 14.3. The number of amides is 1. The van der Waals surface area contributed by atoms with Crippen molar-refractivity contribution < 1.29 is 14.3 Å². The van der Waals surface area contributed by atoms with Gasteiger partial charge in [-0.05, 0) is 24.3 Å². The number of morpholine rings is 1. The Morgan fingerprint density at radius 3 is 2.83 bits per heavy atom. The quantitative estimate of drug-likeness (QED) is 0.921. The van der Waals surface area contributed by atoms with E-state index >= 15 is 0 Å². The Bertz CT molecular complexity index is 733. The fourth-order valence-corrected chi connectivity index (χ4v) is 2.93. The number of anilines is 2. The summed E-state index contributed by atoms with van der Waals surface area (Å²) in [5, 5.41) is 3.50. The zero-order valence-electron chi connectivity index (χ0n) is 13.3. The Kier molecular flexibility index (Phi) is 5.17. The van der Waals surface area contributed by atoms with Crippen LogP contribution in [0.1, 0.15) is 10.4 Å². The van der Waals surface area contributed by atoms with Crippen LogP contribution >= 0.6 is 11.6 Å². The van der Waals surface area contributed by atoms with Crippen molar-refractivity contribution in [3.05, 3.63) is 47.1 Å². The highest BCUT2D eigenvalue weighted by Crippen LogP contribution is 2.35. The van der Waals surface area contributed by atoms with Crippen molar-refractivity contribution >= 4 is 28.9 Å². The second-order valence-electron chi connectivity index (χ2n) is 5.25. The number of hydrogen-bond donors (Lipinski definition) is 1. The smallest absolute Gasteiger partial charge is 0.261 e. The first-order valence-electron chi connectivity index (χ1n) is 7.62. The summed E-state index contributed by atoms with van der Waals surface area (Å²) >= 11 is 6.38. The number of benzene rings is 1. The van der Waals surface area contributed by atoms with E-state index in [-0.39, 0.29) is 11.8 Å². The third kappa shape index (κ3) is 3.44. The first-order valence-corrected chi connectivity index (χ1v) is 8.00. The zero-order valence-corrected chi connectivity index (χ0v) is 14.0. The molecule has 126 valence electrons. The van der Waals surface area contributed by atoms with Gasteiger partial charge in [-0.3, -0.25) is 4.79 Å². The van der Waals surface area contributed by atoms with Crippen LogP contribution < -0.4 is 15.0 Å². The molecule has 3 rings (SSSR count). The summed E-state index contributed by atoms with van der Waals surface area (Å²) in [4.78, 5) is 18.8. The molecule has 6 nitrogen and oxygen atoms in total. The first kappa shape index (κ1) is 16.5. The predicted octanol–water partition coefficient (Wildman–Crippen LogP) is 2.83. The lowest BCUT2D eigenvalue weighted by Gasteiger charge is -2.31. The summed E-state index contributed by atoms with van der Waals surface area (Å²) < 4.78 is 10.5. The van der Waals surface area contributed by atoms with Gasteiger partial charge in [-0.1, -0.05) is 17.7 Å². The second kappa shape index (κ2) is 7.51. The van der Waals surface area contributed by atoms with Gasteiger partial charge in [0.2, 0.25) is 5.88 Å². The van der Waals surface area contributed by atoms with Crippen molar-refractivity contribution in [2.75, 3.05) is 43.6 Å². The summed E-state index contributed by atoms with van der Waals surface area (Å²) in [6.07, 6.45) is 1.58. The van der Waals surface area contributed by atoms with Gasteiger partial charge < -0.3 is 19.7 Å². The molecule has 1 aliphatic heterocycles. The summed E-state index contributed by atoms with van der Waals surface area (Å²) in [5.41, 5.74) is 1.83. The molecule has 1 saturated heterocycles. The lowest BCUT2D eigenvalue weighted by Crippen LogP contribution is -2.37. The van der Waals surface area contributed by atoms with Crippen LogP contribution in [0, 0.1) is 0 Å². The van der Waals surface area contributed by atoms with E-state index < -0.39 is 0 Å². The Balaban J connectivity index is 1.89. The topological polar surface area (TPSA) is 63.7 Å². The number of carbonyl (C=O) groups is 1. The number of methoxy groups -OCH3 is 1. The molecule has 0 bridgehead atoms. The summed E-state index contributed by atoms with van der Waals surface area (Å²) in [6, 6.07) is 8.81. The van der Waals surface area contributed by atoms with Gasteiger partial charge >= 0.3 is 0 Å². The fourth-order valence-electron chi connectivity index (χ4n) is 2.64. The molecule has 1 aliphatic rings. The number of pyridine rings is 1. The lowest BCUT2D eigenvalue weighted by atomic mass is 10.2. The average Bonchev–Trinajstić information content (AvgIpc) is 2.62. The first-order chi connectivity index (χ1) is 11.7. The van der Waals surface area contributed by atoms with Gasteiger partial charge in [0.05, 0.1) is 36.7 Å². The van der Waals surface area contributed by atoms with Crippen molar-refractivity contribution in [2.24, 2.45) is 0 Å². The van der Waals surface area contributed by atoms with E-state index in [4.69, 9.17) is 21.1 Å². The summed E-state index contributed by atoms with van der Waals surface area (Å²) in [6.45, 7) is 2.72. The van der Waals surface area contributed by atoms with Crippen LogP contribution in [0.4, 0.5) is 11.4 Å². The minimum absolute atomic E-state index is 0.282. The Labute approximate surface area is 145 Å². The van der Waals surface area contributed by atoms with Gasteiger partial charge in [0.15, 0.2) is 0 Å². The van der Waals surface area contributed by atoms with Crippen molar-refractivity contribution in [3.8, 4) is 5.88 Å². The zero-order chi connectivity index (χ0) is 16.9. The number of carbonyl (C=O) groups excluding carboxylic acids is 1. The van der Waals surface area contributed by atoms with E-state index in [0.29, 0.717) is 29.5 Å². The summed E-state index contributed by atoms with van der Waals surface area (Å²) in [7, 11) is 1.48. The number of rotatable bonds is 4. The van der Waals surface area contributed by atoms with Crippen LogP contribution in [0.2, 0.25) is 5.02 Å². The third-order valence-corrected chi connectivity index (χ3v) is 4.08. The standard InChI is InChI=1S/C17H18ClN3O3/c1-23-17-12(4-3-7-19-17)16(22)20-14-6-2-5-13(18)15(14)21-8-10-24-11-9-21/h2-7H,8-11H2,1H3,(H,20,22). The van der Waals surface area contributed by atoms with Crippen molar-refractivity contribution in [2.45, 2.75) is 0 Å². The summed E-state index contributed by atoms with van der Waals surface area (Å²) in [5.74, 6) is -0.0123. The van der Waals surface area contributed by atoms with Crippen LogP contribution in [-0.2, 0) is 4.74 Å². The molecule has 0 aliphatic carbocycles. The van der Waals surface area contributed by atoms with Crippen LogP contribution in [0.15, 0.2) is 36.5 Å². The molecule has 0 radical (unpaired) electrons. The number of nitrogens with one attached hydrogen (secondary N) is 1. The van der Waals surface area contributed by atoms with Crippen LogP contribution in [-0.4, -0.2) is 44.3 Å². The molecule has 24 heavy (non-hydrogen) atoms. The lowest BCUT2D eigenvalue weighted by molar-refractivity contribution is 0.102. The Morgan fingerprint density at radius 1 is 1.29 bits per heavy atom. The van der Waals surface area contributed by atoms with Crippen molar-refractivity contribution in [1.29, 1.82) is 0 Å². The molecule has 0 unspecified atom stereocenters. The fraction of sp³-hybridized carbons (Fsp3) is 0.294. The highest BCUT2D eigenvalue weighted by Gasteiger charge is 2.20. The number of para-hydroxylation sites is 1. The molecule has 1 fully saturated rings. The monoisotopic (exact) mass is 347 g/mol. The molecule has 1 amide bonds. The van der Waals surface area contributed by atoms with Crippen LogP contribution in [0.25, 0.3) is 0 Å². The third-order valence-electron chi connectivity index (χ3n) is 3.77. The highest BCUT2D eigenvalue weighted by molar-refractivity contribution is 6.34. The molecular weight excluding hydrogens is 330 g/mol. The number of halogens is 1. The molecule has 2 aromatic rings. The van der Waals surface area contributed by atoms with Gasteiger partial charge in [-0.15, -0.1) is 0 Å². The predicted molar refractivity (Wildman–Crippen MR) is 93.2 cm³/mol. The largest absolute Gasteiger partial charge is 0.480 e. The van der Waals surface area contributed by atoms with Crippen molar-refractivity contribution in [1.82, 2.24) is 4.98 Å². The molecular formula is C17H18ClN3O3. The maximum absolute atomic E-state index is 12.6.